The van der Waals surface area contributed by atoms with E-state index < -0.39 is 0 Å². The topological polar surface area (TPSA) is 17.1 Å². The largest absolute Gasteiger partial charge is 0.294 e. The molecule has 0 fully saturated rings. The predicted molar refractivity (Wildman–Crippen MR) is 59.4 cm³/mol. The maximum atomic E-state index is 11.3. The molecule has 0 aliphatic heterocycles. The highest BCUT2D eigenvalue weighted by atomic mass is 127. The molecule has 0 bridgehead atoms. The van der Waals surface area contributed by atoms with Gasteiger partial charge in [0.25, 0.3) is 0 Å². The molecule has 12 heavy (non-hydrogen) atoms. The van der Waals surface area contributed by atoms with Crippen molar-refractivity contribution in [3.8, 4) is 12.3 Å². The van der Waals surface area contributed by atoms with Gasteiger partial charge in [-0.2, -0.15) is 0 Å². The minimum atomic E-state index is 0.145. The molecular formula is C9H7IOS. The fraction of sp³-hybridized carbons (Fsp3) is 0.222. The van der Waals surface area contributed by atoms with Gasteiger partial charge in [0.1, 0.15) is 0 Å². The normalized spacial score (nSPS) is 9.33. The lowest BCUT2D eigenvalue weighted by atomic mass is 10.1. The third-order valence-corrected chi connectivity index (χ3v) is 3.17. The van der Waals surface area contributed by atoms with Gasteiger partial charge in [-0.05, 0) is 28.7 Å². The van der Waals surface area contributed by atoms with Crippen molar-refractivity contribution in [3.05, 3.63) is 19.9 Å². The van der Waals surface area contributed by atoms with Crippen LogP contribution in [-0.2, 0) is 0 Å². The Morgan fingerprint density at radius 2 is 2.50 bits per heavy atom. The van der Waals surface area contributed by atoms with E-state index in [2.05, 4.69) is 28.5 Å². The number of ketones is 1. The second-order valence-electron chi connectivity index (χ2n) is 2.27. The number of thiophene rings is 1. The van der Waals surface area contributed by atoms with Crippen molar-refractivity contribution in [2.45, 2.75) is 12.8 Å². The van der Waals surface area contributed by atoms with Crippen molar-refractivity contribution < 1.29 is 4.79 Å². The molecule has 62 valence electrons. The van der Waals surface area contributed by atoms with Crippen molar-refractivity contribution in [1.29, 1.82) is 0 Å². The van der Waals surface area contributed by atoms with Gasteiger partial charge in [0.2, 0.25) is 0 Å². The lowest BCUT2D eigenvalue weighted by Gasteiger charge is -1.91. The zero-order valence-electron chi connectivity index (χ0n) is 6.34. The van der Waals surface area contributed by atoms with Gasteiger partial charge in [-0.15, -0.1) is 23.7 Å². The third kappa shape index (κ3) is 2.61. The lowest BCUT2D eigenvalue weighted by molar-refractivity contribution is 0.0985. The molecule has 0 aliphatic carbocycles. The van der Waals surface area contributed by atoms with E-state index in [4.69, 9.17) is 6.42 Å². The summed E-state index contributed by atoms with van der Waals surface area (Å²) in [6.07, 6.45) is 6.05. The molecule has 0 amide bonds. The Hall–Kier alpha value is -0.340. The molecule has 0 aromatic carbocycles. The van der Waals surface area contributed by atoms with E-state index in [1.165, 1.54) is 0 Å². The number of hydrogen-bond donors (Lipinski definition) is 0. The summed E-state index contributed by atoms with van der Waals surface area (Å²) in [5.74, 6) is 2.60. The minimum Gasteiger partial charge on any atom is -0.294 e. The minimum absolute atomic E-state index is 0.145. The molecule has 1 nitrogen and oxygen atoms in total. The summed E-state index contributed by atoms with van der Waals surface area (Å²) in [5, 5.41) is 1.88. The van der Waals surface area contributed by atoms with E-state index in [1.807, 2.05) is 11.4 Å². The number of carbonyl (C=O) groups is 1. The average Bonchev–Trinajstić information content (AvgIpc) is 2.47. The molecule has 1 aromatic heterocycles. The molecule has 1 heterocycles. The lowest BCUT2D eigenvalue weighted by Crippen LogP contribution is -1.95. The van der Waals surface area contributed by atoms with Gasteiger partial charge in [-0.1, -0.05) is 0 Å². The van der Waals surface area contributed by atoms with Crippen LogP contribution in [0.4, 0.5) is 0 Å². The smallest absolute Gasteiger partial charge is 0.164 e. The molecule has 0 N–H and O–H groups in total. The van der Waals surface area contributed by atoms with Gasteiger partial charge in [0.15, 0.2) is 5.78 Å². The van der Waals surface area contributed by atoms with Crippen molar-refractivity contribution in [2.24, 2.45) is 0 Å². The van der Waals surface area contributed by atoms with Gasteiger partial charge in [-0.3, -0.25) is 4.79 Å². The van der Waals surface area contributed by atoms with Crippen LogP contribution in [0.25, 0.3) is 0 Å². The first-order valence-electron chi connectivity index (χ1n) is 3.44. The van der Waals surface area contributed by atoms with Gasteiger partial charge in [-0.25, -0.2) is 0 Å². The Morgan fingerprint density at radius 3 is 3.00 bits per heavy atom. The summed E-state index contributed by atoms with van der Waals surface area (Å²) in [4.78, 5) is 11.3. The molecule has 0 atom stereocenters. The summed E-state index contributed by atoms with van der Waals surface area (Å²) in [6.45, 7) is 0. The van der Waals surface area contributed by atoms with E-state index in [0.29, 0.717) is 12.8 Å². The number of halogens is 1. The monoisotopic (exact) mass is 290 g/mol. The summed E-state index contributed by atoms with van der Waals surface area (Å²) in [7, 11) is 0. The second kappa shape index (κ2) is 4.63. The SMILES string of the molecule is C#CCCC(=O)c1csc(I)c1. The highest BCUT2D eigenvalue weighted by Gasteiger charge is 2.06. The maximum Gasteiger partial charge on any atom is 0.164 e. The van der Waals surface area contributed by atoms with Crippen LogP contribution in [0.3, 0.4) is 0 Å². The van der Waals surface area contributed by atoms with Crippen molar-refractivity contribution in [1.82, 2.24) is 0 Å². The standard InChI is InChI=1S/C9H7IOS/c1-2-3-4-8(11)7-5-9(10)12-6-7/h1,5-6H,3-4H2. The summed E-state index contributed by atoms with van der Waals surface area (Å²) >= 11 is 3.78. The maximum absolute atomic E-state index is 11.3. The molecule has 0 unspecified atom stereocenters. The Labute approximate surface area is 89.3 Å². The van der Waals surface area contributed by atoms with Gasteiger partial charge in [0.05, 0.1) is 2.88 Å². The molecular weight excluding hydrogens is 283 g/mol. The van der Waals surface area contributed by atoms with E-state index in [-0.39, 0.29) is 5.78 Å². The number of carbonyl (C=O) groups excluding carboxylic acids is 1. The summed E-state index contributed by atoms with van der Waals surface area (Å²) in [5.41, 5.74) is 0.791. The summed E-state index contributed by atoms with van der Waals surface area (Å²) < 4.78 is 1.14. The predicted octanol–water partition coefficient (Wildman–Crippen LogP) is 2.95. The van der Waals surface area contributed by atoms with Crippen LogP contribution in [0.2, 0.25) is 0 Å². The zero-order valence-corrected chi connectivity index (χ0v) is 9.31. The van der Waals surface area contributed by atoms with Crippen molar-refractivity contribution in [3.63, 3.8) is 0 Å². The first-order chi connectivity index (χ1) is 5.74. The van der Waals surface area contributed by atoms with Crippen molar-refractivity contribution >= 4 is 39.7 Å². The Balaban J connectivity index is 2.61. The van der Waals surface area contributed by atoms with E-state index >= 15 is 0 Å². The van der Waals surface area contributed by atoms with Crippen LogP contribution in [0.15, 0.2) is 11.4 Å². The van der Waals surface area contributed by atoms with E-state index in [1.54, 1.807) is 11.3 Å². The number of terminal acetylenes is 1. The molecule has 1 rings (SSSR count). The van der Waals surface area contributed by atoms with Crippen LogP contribution in [-0.4, -0.2) is 5.78 Å². The van der Waals surface area contributed by atoms with Crippen LogP contribution in [0.5, 0.6) is 0 Å². The van der Waals surface area contributed by atoms with Crippen molar-refractivity contribution in [2.75, 3.05) is 0 Å². The van der Waals surface area contributed by atoms with Gasteiger partial charge in [0, 0.05) is 23.8 Å². The fourth-order valence-electron chi connectivity index (χ4n) is 0.786. The average molecular weight is 290 g/mol. The first-order valence-corrected chi connectivity index (χ1v) is 5.40. The van der Waals surface area contributed by atoms with Crippen LogP contribution in [0.1, 0.15) is 23.2 Å². The molecule has 0 aliphatic rings. The highest BCUT2D eigenvalue weighted by molar-refractivity contribution is 14.1. The molecule has 1 aromatic rings. The number of hydrogen-bond acceptors (Lipinski definition) is 2. The van der Waals surface area contributed by atoms with Gasteiger partial charge < -0.3 is 0 Å². The molecule has 0 radical (unpaired) electrons. The molecule has 0 spiro atoms. The molecule has 3 heteroatoms. The quantitative estimate of drug-likeness (QED) is 0.475. The highest BCUT2D eigenvalue weighted by Crippen LogP contribution is 2.18. The molecule has 0 saturated heterocycles. The van der Waals surface area contributed by atoms with E-state index in [0.717, 1.165) is 8.45 Å². The summed E-state index contributed by atoms with van der Waals surface area (Å²) in [6, 6.07) is 1.89. The van der Waals surface area contributed by atoms with E-state index in [9.17, 15) is 4.79 Å². The Bertz CT molecular complexity index is 322. The second-order valence-corrected chi connectivity index (χ2v) is 5.07. The molecule has 0 saturated carbocycles. The Morgan fingerprint density at radius 1 is 1.75 bits per heavy atom. The zero-order chi connectivity index (χ0) is 8.97. The Kier molecular flexibility index (Phi) is 3.76. The number of Topliss-reactive ketones (excluding diaryl/α,β-unsaturated/α-hetero) is 1. The third-order valence-electron chi connectivity index (χ3n) is 1.39. The number of rotatable bonds is 3. The van der Waals surface area contributed by atoms with Crippen LogP contribution >= 0.6 is 33.9 Å². The van der Waals surface area contributed by atoms with Crippen LogP contribution < -0.4 is 0 Å². The first kappa shape index (κ1) is 9.75. The fourth-order valence-corrected chi connectivity index (χ4v) is 2.14. The van der Waals surface area contributed by atoms with Gasteiger partial charge >= 0.3 is 0 Å². The van der Waals surface area contributed by atoms with Crippen LogP contribution in [0, 0.1) is 15.2 Å².